The van der Waals surface area contributed by atoms with E-state index in [0.29, 0.717) is 22.4 Å². The van der Waals surface area contributed by atoms with Crippen molar-refractivity contribution in [1.82, 2.24) is 0 Å². The molecule has 0 spiro atoms. The highest BCUT2D eigenvalue weighted by Gasteiger charge is 2.36. The number of benzene rings is 3. The molecule has 1 radical (unpaired) electrons. The summed E-state index contributed by atoms with van der Waals surface area (Å²) < 4.78 is 52.4. The Kier molecular flexibility index (Phi) is 5.13. The lowest BCUT2D eigenvalue weighted by Crippen LogP contribution is -2.09. The number of alkyl halides is 3. The van der Waals surface area contributed by atoms with Gasteiger partial charge in [-0.05, 0) is 24.6 Å². The quantitative estimate of drug-likeness (QED) is 0.546. The van der Waals surface area contributed by atoms with Crippen LogP contribution in [0.2, 0.25) is 0 Å². The lowest BCUT2D eigenvalue weighted by atomic mass is 9.88. The van der Waals surface area contributed by atoms with Crippen LogP contribution >= 0.6 is 0 Å². The Bertz CT molecular complexity index is 962. The van der Waals surface area contributed by atoms with E-state index in [9.17, 15) is 13.2 Å². The molecule has 0 saturated carbocycles. The highest BCUT2D eigenvalue weighted by molar-refractivity contribution is 5.92. The average Bonchev–Trinajstić information content (AvgIpc) is 2.66. The minimum atomic E-state index is -4.56. The molecule has 0 aliphatic rings. The molecular formula is C22H18F3O2. The molecule has 0 atom stereocenters. The fourth-order valence-electron chi connectivity index (χ4n) is 3.12. The lowest BCUT2D eigenvalue weighted by molar-refractivity contribution is -0.137. The molecule has 3 rings (SSSR count). The third-order valence-corrected chi connectivity index (χ3v) is 4.29. The first-order valence-electron chi connectivity index (χ1n) is 8.27. The fourth-order valence-corrected chi connectivity index (χ4v) is 3.12. The second-order valence-corrected chi connectivity index (χ2v) is 6.05. The average molecular weight is 371 g/mol. The van der Waals surface area contributed by atoms with Gasteiger partial charge in [-0.3, -0.25) is 0 Å². The molecule has 0 N–H and O–H groups in total. The van der Waals surface area contributed by atoms with Gasteiger partial charge in [0.2, 0.25) is 0 Å². The molecule has 139 valence electrons. The van der Waals surface area contributed by atoms with E-state index in [0.717, 1.165) is 11.6 Å². The number of hydrogen-bond donors (Lipinski definition) is 0. The highest BCUT2D eigenvalue weighted by atomic mass is 19.4. The van der Waals surface area contributed by atoms with Gasteiger partial charge >= 0.3 is 6.18 Å². The number of ether oxygens (including phenoxy) is 2. The van der Waals surface area contributed by atoms with E-state index in [1.165, 1.54) is 14.2 Å². The Morgan fingerprint density at radius 3 is 2.26 bits per heavy atom. The maximum Gasteiger partial charge on any atom is 0.417 e. The normalized spacial score (nSPS) is 11.3. The molecule has 0 aliphatic carbocycles. The Morgan fingerprint density at radius 1 is 0.889 bits per heavy atom. The van der Waals surface area contributed by atoms with Crippen molar-refractivity contribution in [1.29, 1.82) is 0 Å². The Hall–Kier alpha value is -2.95. The van der Waals surface area contributed by atoms with E-state index in [2.05, 4.69) is 6.07 Å². The van der Waals surface area contributed by atoms with Crippen LogP contribution < -0.4 is 9.47 Å². The van der Waals surface area contributed by atoms with Crippen molar-refractivity contribution in [3.8, 4) is 33.8 Å². The SMILES string of the molecule is COc1[c]cc(C(F)(F)F)c(-c2ccccc2OC)c1-c1cccc(C)c1. The van der Waals surface area contributed by atoms with Gasteiger partial charge in [-0.2, -0.15) is 13.2 Å². The van der Waals surface area contributed by atoms with E-state index in [-0.39, 0.29) is 11.3 Å². The standard InChI is InChI=1S/C22H18F3O2/c1-14-7-6-8-15(13-14)20-19(27-3)12-11-17(22(23,24)25)21(20)16-9-4-5-10-18(16)26-2/h4-11,13H,1-3H3. The predicted molar refractivity (Wildman–Crippen MR) is 99.0 cm³/mol. The summed E-state index contributed by atoms with van der Waals surface area (Å²) in [5.74, 6) is 0.597. The molecule has 5 heteroatoms. The number of aryl methyl sites for hydroxylation is 1. The van der Waals surface area contributed by atoms with Crippen molar-refractivity contribution in [3.05, 3.63) is 71.8 Å². The van der Waals surface area contributed by atoms with E-state index >= 15 is 0 Å². The highest BCUT2D eigenvalue weighted by Crippen LogP contribution is 2.48. The summed E-state index contributed by atoms with van der Waals surface area (Å²) in [5.41, 5.74) is 1.45. The first-order valence-corrected chi connectivity index (χ1v) is 8.27. The predicted octanol–water partition coefficient (Wildman–Crippen LogP) is 6.17. The van der Waals surface area contributed by atoms with Crippen LogP contribution in [0, 0.1) is 13.0 Å². The molecule has 0 aromatic heterocycles. The van der Waals surface area contributed by atoms with Crippen molar-refractivity contribution in [3.63, 3.8) is 0 Å². The minimum Gasteiger partial charge on any atom is -0.496 e. The molecule has 0 fully saturated rings. The molecule has 27 heavy (non-hydrogen) atoms. The topological polar surface area (TPSA) is 18.5 Å². The number of rotatable bonds is 4. The van der Waals surface area contributed by atoms with Crippen LogP contribution in [-0.2, 0) is 6.18 Å². The first-order chi connectivity index (χ1) is 12.9. The van der Waals surface area contributed by atoms with Crippen molar-refractivity contribution >= 4 is 0 Å². The zero-order valence-electron chi connectivity index (χ0n) is 15.1. The minimum absolute atomic E-state index is 0.0150. The van der Waals surface area contributed by atoms with Crippen LogP contribution in [-0.4, -0.2) is 14.2 Å². The van der Waals surface area contributed by atoms with Crippen LogP contribution in [0.4, 0.5) is 13.2 Å². The molecule has 0 unspecified atom stereocenters. The molecule has 3 aromatic carbocycles. The Morgan fingerprint density at radius 2 is 1.63 bits per heavy atom. The van der Waals surface area contributed by atoms with Crippen LogP contribution in [0.1, 0.15) is 11.1 Å². The van der Waals surface area contributed by atoms with Gasteiger partial charge in [0.1, 0.15) is 11.5 Å². The summed E-state index contributed by atoms with van der Waals surface area (Å²) in [4.78, 5) is 0. The maximum absolute atomic E-state index is 13.9. The summed E-state index contributed by atoms with van der Waals surface area (Å²) in [6, 6.07) is 17.5. The number of para-hydroxylation sites is 1. The van der Waals surface area contributed by atoms with Gasteiger partial charge in [0, 0.05) is 22.8 Å². The number of methoxy groups -OCH3 is 2. The summed E-state index contributed by atoms with van der Waals surface area (Å²) in [7, 11) is 2.86. The van der Waals surface area contributed by atoms with Gasteiger partial charge in [0.25, 0.3) is 0 Å². The molecule has 0 aliphatic heterocycles. The van der Waals surface area contributed by atoms with Gasteiger partial charge in [-0.15, -0.1) is 0 Å². The summed E-state index contributed by atoms with van der Waals surface area (Å²) >= 11 is 0. The largest absolute Gasteiger partial charge is 0.496 e. The van der Waals surface area contributed by atoms with Crippen LogP contribution in [0.25, 0.3) is 22.3 Å². The van der Waals surface area contributed by atoms with Crippen molar-refractivity contribution in [2.45, 2.75) is 13.1 Å². The summed E-state index contributed by atoms with van der Waals surface area (Å²) in [5, 5.41) is 0. The molecule has 0 heterocycles. The number of halogens is 3. The second kappa shape index (κ2) is 7.35. The number of hydrogen-bond acceptors (Lipinski definition) is 2. The molecule has 3 aromatic rings. The smallest absolute Gasteiger partial charge is 0.417 e. The van der Waals surface area contributed by atoms with Gasteiger partial charge in [0.05, 0.1) is 19.8 Å². The molecular weight excluding hydrogens is 353 g/mol. The van der Waals surface area contributed by atoms with Gasteiger partial charge in [-0.25, -0.2) is 0 Å². The molecule has 0 saturated heterocycles. The zero-order chi connectivity index (χ0) is 19.6. The van der Waals surface area contributed by atoms with Crippen LogP contribution in [0.3, 0.4) is 0 Å². The van der Waals surface area contributed by atoms with Crippen molar-refractivity contribution < 1.29 is 22.6 Å². The van der Waals surface area contributed by atoms with E-state index in [1.54, 1.807) is 36.4 Å². The first kappa shape index (κ1) is 18.8. The van der Waals surface area contributed by atoms with E-state index in [1.807, 2.05) is 19.1 Å². The van der Waals surface area contributed by atoms with E-state index in [4.69, 9.17) is 9.47 Å². The monoisotopic (exact) mass is 371 g/mol. The van der Waals surface area contributed by atoms with Crippen LogP contribution in [0.15, 0.2) is 54.6 Å². The van der Waals surface area contributed by atoms with Gasteiger partial charge in [0.15, 0.2) is 0 Å². The Labute approximate surface area is 156 Å². The third kappa shape index (κ3) is 3.63. The van der Waals surface area contributed by atoms with Gasteiger partial charge in [-0.1, -0.05) is 48.0 Å². The van der Waals surface area contributed by atoms with Crippen molar-refractivity contribution in [2.75, 3.05) is 14.2 Å². The summed E-state index contributed by atoms with van der Waals surface area (Å²) in [6.07, 6.45) is -4.56. The molecule has 2 nitrogen and oxygen atoms in total. The second-order valence-electron chi connectivity index (χ2n) is 6.05. The molecule has 0 amide bonds. The van der Waals surface area contributed by atoms with E-state index < -0.39 is 11.7 Å². The fraction of sp³-hybridized carbons (Fsp3) is 0.182. The zero-order valence-corrected chi connectivity index (χ0v) is 15.1. The lowest BCUT2D eigenvalue weighted by Gasteiger charge is -2.21. The van der Waals surface area contributed by atoms with Crippen molar-refractivity contribution in [2.24, 2.45) is 0 Å². The third-order valence-electron chi connectivity index (χ3n) is 4.29. The molecule has 0 bridgehead atoms. The van der Waals surface area contributed by atoms with Gasteiger partial charge < -0.3 is 9.47 Å². The van der Waals surface area contributed by atoms with Crippen LogP contribution in [0.5, 0.6) is 11.5 Å². The Balaban J connectivity index is 2.47. The maximum atomic E-state index is 13.9. The summed E-state index contributed by atoms with van der Waals surface area (Å²) in [6.45, 7) is 1.88.